The molecule has 0 unspecified atom stereocenters. The number of piperazine rings is 1. The van der Waals surface area contributed by atoms with Gasteiger partial charge in [0.2, 0.25) is 0 Å². The average molecular weight is 396 g/mol. The van der Waals surface area contributed by atoms with E-state index < -0.39 is 23.8 Å². The van der Waals surface area contributed by atoms with Gasteiger partial charge in [0.25, 0.3) is 11.7 Å². The van der Waals surface area contributed by atoms with Crippen LogP contribution >= 0.6 is 11.6 Å². The maximum absolute atomic E-state index is 12.7. The van der Waals surface area contributed by atoms with Crippen LogP contribution in [0.5, 0.6) is 0 Å². The lowest BCUT2D eigenvalue weighted by molar-refractivity contribution is -0.914. The molecule has 0 radical (unpaired) electrons. The number of aromatic nitrogens is 1. The largest absolute Gasteiger partial charge is 0.419 e. The molecule has 1 aliphatic rings. The molecule has 26 heavy (non-hydrogen) atoms. The standard InChI is InChI=1S/C15H19ClF3N5O2/c1-9(13(25)22-14(26)20-2)23-3-5-24(6-4-23)12-11(16)7-10(8-21-12)15(17,18)19/h7-9H,3-6H2,1-2H3,(H2,20,22,25,26)/p+2/t9-/m0/s1. The fraction of sp³-hybridized carbons (Fsp3) is 0.533. The van der Waals surface area contributed by atoms with Crippen molar-refractivity contribution in [1.29, 1.82) is 0 Å². The van der Waals surface area contributed by atoms with Gasteiger partial charge in [-0.25, -0.2) is 14.7 Å². The van der Waals surface area contributed by atoms with Gasteiger partial charge in [0.15, 0.2) is 6.04 Å². The number of halogens is 4. The third-order valence-electron chi connectivity index (χ3n) is 4.39. The maximum atomic E-state index is 12.7. The Hall–Kier alpha value is -2.07. The number of anilines is 1. The number of aromatic amines is 1. The zero-order chi connectivity index (χ0) is 19.5. The van der Waals surface area contributed by atoms with Gasteiger partial charge in [0.1, 0.15) is 37.4 Å². The molecule has 0 spiro atoms. The Morgan fingerprint density at radius 3 is 2.46 bits per heavy atom. The zero-order valence-corrected chi connectivity index (χ0v) is 15.1. The molecule has 144 valence electrons. The number of hydrogen-bond acceptors (Lipinski definition) is 3. The molecule has 0 aliphatic carbocycles. The van der Waals surface area contributed by atoms with Crippen molar-refractivity contribution in [2.24, 2.45) is 0 Å². The topological polar surface area (TPSA) is 80.0 Å². The van der Waals surface area contributed by atoms with Crippen molar-refractivity contribution in [3.63, 3.8) is 0 Å². The normalized spacial score (nSPS) is 16.9. The highest BCUT2D eigenvalue weighted by Crippen LogP contribution is 2.31. The number of carbonyl (C=O) groups is 2. The molecule has 2 heterocycles. The summed E-state index contributed by atoms with van der Waals surface area (Å²) in [5, 5.41) is 4.55. The van der Waals surface area contributed by atoms with E-state index >= 15 is 0 Å². The van der Waals surface area contributed by atoms with Gasteiger partial charge >= 0.3 is 12.2 Å². The lowest BCUT2D eigenvalue weighted by atomic mass is 10.2. The van der Waals surface area contributed by atoms with Gasteiger partial charge in [-0.05, 0) is 13.0 Å². The van der Waals surface area contributed by atoms with Crippen molar-refractivity contribution in [3.8, 4) is 0 Å². The first kappa shape index (κ1) is 20.2. The summed E-state index contributed by atoms with van der Waals surface area (Å²) in [6, 6.07) is -0.0981. The monoisotopic (exact) mass is 395 g/mol. The van der Waals surface area contributed by atoms with Gasteiger partial charge in [-0.3, -0.25) is 10.1 Å². The number of pyridine rings is 1. The van der Waals surface area contributed by atoms with E-state index in [-0.39, 0.29) is 10.9 Å². The predicted molar refractivity (Wildman–Crippen MR) is 88.0 cm³/mol. The number of urea groups is 1. The molecular formula is C15H21ClF3N5O2+2. The molecule has 0 aromatic carbocycles. The summed E-state index contributed by atoms with van der Waals surface area (Å²) in [5.74, 6) is 0.0353. The molecule has 1 aliphatic heterocycles. The van der Waals surface area contributed by atoms with E-state index in [1.807, 2.05) is 4.90 Å². The quantitative estimate of drug-likeness (QED) is 0.658. The second-order valence-electron chi connectivity index (χ2n) is 6.02. The van der Waals surface area contributed by atoms with E-state index in [0.717, 1.165) is 17.2 Å². The second-order valence-corrected chi connectivity index (χ2v) is 6.43. The molecule has 0 saturated carbocycles. The van der Waals surface area contributed by atoms with Crippen molar-refractivity contribution in [1.82, 2.24) is 10.6 Å². The molecule has 1 aromatic heterocycles. The van der Waals surface area contributed by atoms with E-state index in [1.54, 1.807) is 6.92 Å². The van der Waals surface area contributed by atoms with Crippen LogP contribution in [0.2, 0.25) is 5.02 Å². The molecule has 4 N–H and O–H groups in total. The summed E-state index contributed by atoms with van der Waals surface area (Å²) in [6.45, 7) is 3.89. The van der Waals surface area contributed by atoms with Crippen LogP contribution in [0.25, 0.3) is 0 Å². The first-order chi connectivity index (χ1) is 12.1. The van der Waals surface area contributed by atoms with Gasteiger partial charge < -0.3 is 10.2 Å². The van der Waals surface area contributed by atoms with Crippen LogP contribution < -0.4 is 25.4 Å². The van der Waals surface area contributed by atoms with Crippen LogP contribution in [-0.2, 0) is 11.0 Å². The molecule has 1 aromatic rings. The Morgan fingerprint density at radius 2 is 1.96 bits per heavy atom. The second kappa shape index (κ2) is 8.09. The fourth-order valence-electron chi connectivity index (χ4n) is 2.79. The van der Waals surface area contributed by atoms with E-state index in [0.29, 0.717) is 32.0 Å². The molecule has 11 heteroatoms. The van der Waals surface area contributed by atoms with Crippen molar-refractivity contribution in [3.05, 3.63) is 22.8 Å². The van der Waals surface area contributed by atoms with Gasteiger partial charge in [-0.1, -0.05) is 11.6 Å². The number of carbonyl (C=O) groups excluding carboxylic acids is 2. The Labute approximate surface area is 153 Å². The van der Waals surface area contributed by atoms with Crippen molar-refractivity contribution < 1.29 is 32.6 Å². The molecule has 2 rings (SSSR count). The van der Waals surface area contributed by atoms with Crippen LogP contribution in [0.1, 0.15) is 12.5 Å². The maximum Gasteiger partial charge on any atom is 0.419 e. The minimum Gasteiger partial charge on any atom is -0.341 e. The SMILES string of the molecule is CNC(=O)NC(=O)[C@H](C)[NH+]1CCN(c2[nH+]cc(C(F)(F)F)cc2Cl)CC1. The number of imide groups is 1. The number of hydrogen-bond donors (Lipinski definition) is 3. The van der Waals surface area contributed by atoms with Crippen molar-refractivity contribution in [2.45, 2.75) is 19.1 Å². The van der Waals surface area contributed by atoms with Crippen LogP contribution in [0.15, 0.2) is 12.3 Å². The highest BCUT2D eigenvalue weighted by molar-refractivity contribution is 6.32. The Balaban J connectivity index is 1.98. The van der Waals surface area contributed by atoms with E-state index in [4.69, 9.17) is 11.6 Å². The number of H-pyrrole nitrogens is 1. The summed E-state index contributed by atoms with van der Waals surface area (Å²) in [5.41, 5.74) is -0.838. The number of nitrogens with one attached hydrogen (secondary N) is 4. The third-order valence-corrected chi connectivity index (χ3v) is 4.68. The first-order valence-electron chi connectivity index (χ1n) is 8.04. The number of quaternary nitrogens is 1. The van der Waals surface area contributed by atoms with Crippen LogP contribution in [0, 0.1) is 0 Å². The van der Waals surface area contributed by atoms with Gasteiger partial charge in [-0.15, -0.1) is 0 Å². The Bertz CT molecular complexity index is 678. The summed E-state index contributed by atoms with van der Waals surface area (Å²) >= 11 is 6.00. The van der Waals surface area contributed by atoms with Crippen LogP contribution in [0.3, 0.4) is 0 Å². The Morgan fingerprint density at radius 1 is 1.35 bits per heavy atom. The molecular weight excluding hydrogens is 375 g/mol. The summed E-state index contributed by atoms with van der Waals surface area (Å²) < 4.78 is 38.1. The average Bonchev–Trinajstić information content (AvgIpc) is 2.60. The zero-order valence-electron chi connectivity index (χ0n) is 14.3. The fourth-order valence-corrected chi connectivity index (χ4v) is 3.08. The van der Waals surface area contributed by atoms with E-state index in [9.17, 15) is 22.8 Å². The molecule has 1 fully saturated rings. The lowest BCUT2D eigenvalue weighted by Gasteiger charge is -2.31. The Kier molecular flexibility index (Phi) is 6.30. The highest BCUT2D eigenvalue weighted by Gasteiger charge is 2.36. The van der Waals surface area contributed by atoms with Crippen LogP contribution in [-0.4, -0.2) is 51.2 Å². The first-order valence-corrected chi connectivity index (χ1v) is 8.41. The lowest BCUT2D eigenvalue weighted by Crippen LogP contribution is -3.19. The molecule has 0 bridgehead atoms. The van der Waals surface area contributed by atoms with Crippen molar-refractivity contribution >= 4 is 29.4 Å². The molecule has 1 saturated heterocycles. The number of amides is 3. The van der Waals surface area contributed by atoms with Gasteiger partial charge in [0, 0.05) is 7.05 Å². The van der Waals surface area contributed by atoms with Gasteiger partial charge in [0.05, 0.1) is 5.56 Å². The summed E-state index contributed by atoms with van der Waals surface area (Å²) in [4.78, 5) is 28.7. The van der Waals surface area contributed by atoms with E-state index in [2.05, 4.69) is 15.6 Å². The van der Waals surface area contributed by atoms with Crippen LogP contribution in [0.4, 0.5) is 23.8 Å². The van der Waals surface area contributed by atoms with Gasteiger partial charge in [-0.2, -0.15) is 13.2 Å². The number of nitrogens with zero attached hydrogens (tertiary/aromatic N) is 1. The highest BCUT2D eigenvalue weighted by atomic mass is 35.5. The molecule has 3 amide bonds. The predicted octanol–water partition coefficient (Wildman–Crippen LogP) is -0.278. The smallest absolute Gasteiger partial charge is 0.341 e. The summed E-state index contributed by atoms with van der Waals surface area (Å²) in [6.07, 6.45) is -3.57. The number of rotatable bonds is 3. The van der Waals surface area contributed by atoms with E-state index in [1.165, 1.54) is 7.05 Å². The minimum atomic E-state index is -4.46. The third kappa shape index (κ3) is 4.76. The molecule has 1 atom stereocenters. The summed E-state index contributed by atoms with van der Waals surface area (Å²) in [7, 11) is 1.42. The number of alkyl halides is 3. The van der Waals surface area contributed by atoms with Crippen molar-refractivity contribution in [2.75, 3.05) is 38.1 Å². The minimum absolute atomic E-state index is 0.00585. The molecule has 7 nitrogen and oxygen atoms in total.